The normalized spacial score (nSPS) is 17.2. The number of allylic oxidation sites excluding steroid dienone is 1. The zero-order chi connectivity index (χ0) is 18.1. The molecule has 1 amide bonds. The van der Waals surface area contributed by atoms with E-state index in [1.165, 1.54) is 31.7 Å². The first kappa shape index (κ1) is 19.7. The Labute approximate surface area is 152 Å². The molecule has 1 saturated heterocycles. The van der Waals surface area contributed by atoms with E-state index in [1.807, 2.05) is 18.2 Å². The minimum absolute atomic E-state index is 0.0334. The second-order valence-corrected chi connectivity index (χ2v) is 7.12. The van der Waals surface area contributed by atoms with Gasteiger partial charge in [0, 0.05) is 25.8 Å². The number of piperidine rings is 1. The Morgan fingerprint density at radius 3 is 2.56 bits per heavy atom. The summed E-state index contributed by atoms with van der Waals surface area (Å²) in [6, 6.07) is 8.16. The first-order valence-corrected chi connectivity index (χ1v) is 9.34. The van der Waals surface area contributed by atoms with Crippen LogP contribution >= 0.6 is 0 Å². The SMILES string of the molecule is C=CCCC1(COCC)CCN(Cc2ccc(NC(C)=O)cc2)CC1. The molecule has 1 heterocycles. The molecule has 0 atom stereocenters. The lowest BCUT2D eigenvalue weighted by molar-refractivity contribution is -0.114. The van der Waals surface area contributed by atoms with E-state index >= 15 is 0 Å². The molecule has 0 bridgehead atoms. The number of carbonyl (C=O) groups is 1. The van der Waals surface area contributed by atoms with Gasteiger partial charge < -0.3 is 10.1 Å². The summed E-state index contributed by atoms with van der Waals surface area (Å²) in [4.78, 5) is 13.6. The molecule has 1 N–H and O–H groups in total. The van der Waals surface area contributed by atoms with Crippen molar-refractivity contribution in [1.29, 1.82) is 0 Å². The third-order valence-corrected chi connectivity index (χ3v) is 5.09. The van der Waals surface area contributed by atoms with Crippen LogP contribution in [0.1, 0.15) is 45.1 Å². The molecule has 0 spiro atoms. The van der Waals surface area contributed by atoms with E-state index in [4.69, 9.17) is 4.74 Å². The van der Waals surface area contributed by atoms with Crippen molar-refractivity contribution >= 4 is 11.6 Å². The lowest BCUT2D eigenvalue weighted by Crippen LogP contribution is -2.42. The maximum atomic E-state index is 11.1. The Balaban J connectivity index is 1.87. The highest BCUT2D eigenvalue weighted by atomic mass is 16.5. The first-order valence-electron chi connectivity index (χ1n) is 9.34. The molecule has 0 aromatic heterocycles. The fourth-order valence-electron chi connectivity index (χ4n) is 3.53. The molecule has 1 aliphatic heterocycles. The number of nitrogens with one attached hydrogen (secondary N) is 1. The predicted octanol–water partition coefficient (Wildman–Crippen LogP) is 4.23. The van der Waals surface area contributed by atoms with E-state index in [0.29, 0.717) is 5.41 Å². The molecule has 0 radical (unpaired) electrons. The van der Waals surface area contributed by atoms with Crippen molar-refractivity contribution in [2.75, 3.05) is 31.6 Å². The summed E-state index contributed by atoms with van der Waals surface area (Å²) < 4.78 is 5.78. The first-order chi connectivity index (χ1) is 12.1. The fourth-order valence-corrected chi connectivity index (χ4v) is 3.53. The predicted molar refractivity (Wildman–Crippen MR) is 104 cm³/mol. The monoisotopic (exact) mass is 344 g/mol. The van der Waals surface area contributed by atoms with E-state index in [0.717, 1.165) is 45.0 Å². The second-order valence-electron chi connectivity index (χ2n) is 7.12. The van der Waals surface area contributed by atoms with Gasteiger partial charge in [0.25, 0.3) is 0 Å². The highest BCUT2D eigenvalue weighted by Gasteiger charge is 2.34. The quantitative estimate of drug-likeness (QED) is 0.682. The van der Waals surface area contributed by atoms with Crippen LogP contribution in [0, 0.1) is 5.41 Å². The number of hydrogen-bond donors (Lipinski definition) is 1. The van der Waals surface area contributed by atoms with E-state index in [2.05, 4.69) is 35.9 Å². The van der Waals surface area contributed by atoms with E-state index in [9.17, 15) is 4.79 Å². The summed E-state index contributed by atoms with van der Waals surface area (Å²) in [5, 5.41) is 2.81. The van der Waals surface area contributed by atoms with Crippen molar-refractivity contribution in [2.45, 2.75) is 46.1 Å². The van der Waals surface area contributed by atoms with Gasteiger partial charge in [0.2, 0.25) is 5.91 Å². The maximum absolute atomic E-state index is 11.1. The van der Waals surface area contributed by atoms with Crippen molar-refractivity contribution in [3.63, 3.8) is 0 Å². The average molecular weight is 344 g/mol. The standard InChI is InChI=1S/C21H32N2O2/c1-4-6-11-21(17-25-5-2)12-14-23(15-13-21)16-19-7-9-20(10-8-19)22-18(3)24/h4,7-10H,1,5-6,11-17H2,2-3H3,(H,22,24). The van der Waals surface area contributed by atoms with Gasteiger partial charge in [-0.15, -0.1) is 6.58 Å². The molecule has 1 aromatic rings. The van der Waals surface area contributed by atoms with Crippen LogP contribution < -0.4 is 5.32 Å². The van der Waals surface area contributed by atoms with E-state index in [1.54, 1.807) is 0 Å². The number of ether oxygens (including phenoxy) is 1. The number of carbonyl (C=O) groups excluding carboxylic acids is 1. The summed E-state index contributed by atoms with van der Waals surface area (Å²) in [5.74, 6) is -0.0334. The summed E-state index contributed by atoms with van der Waals surface area (Å²) in [6.07, 6.45) is 6.64. The number of nitrogens with zero attached hydrogens (tertiary/aromatic N) is 1. The van der Waals surface area contributed by atoms with Crippen LogP contribution in [-0.4, -0.2) is 37.1 Å². The summed E-state index contributed by atoms with van der Waals surface area (Å²) in [5.41, 5.74) is 2.46. The topological polar surface area (TPSA) is 41.6 Å². The van der Waals surface area contributed by atoms with Crippen LogP contribution in [0.4, 0.5) is 5.69 Å². The zero-order valence-electron chi connectivity index (χ0n) is 15.7. The molecule has 1 fully saturated rings. The van der Waals surface area contributed by atoms with Gasteiger partial charge in [-0.3, -0.25) is 9.69 Å². The van der Waals surface area contributed by atoms with Gasteiger partial charge in [0.1, 0.15) is 0 Å². The molecule has 1 aromatic carbocycles. The molecular weight excluding hydrogens is 312 g/mol. The van der Waals surface area contributed by atoms with Crippen molar-refractivity contribution in [2.24, 2.45) is 5.41 Å². The molecular formula is C21H32N2O2. The van der Waals surface area contributed by atoms with Crippen molar-refractivity contribution in [3.05, 3.63) is 42.5 Å². The molecule has 1 aliphatic rings. The highest BCUT2D eigenvalue weighted by Crippen LogP contribution is 2.37. The van der Waals surface area contributed by atoms with E-state index < -0.39 is 0 Å². The summed E-state index contributed by atoms with van der Waals surface area (Å²) >= 11 is 0. The van der Waals surface area contributed by atoms with Crippen molar-refractivity contribution in [3.8, 4) is 0 Å². The lowest BCUT2D eigenvalue weighted by atomic mass is 9.75. The molecule has 4 heteroatoms. The minimum Gasteiger partial charge on any atom is -0.381 e. The van der Waals surface area contributed by atoms with Gasteiger partial charge in [-0.1, -0.05) is 18.2 Å². The largest absolute Gasteiger partial charge is 0.381 e. The molecule has 138 valence electrons. The van der Waals surface area contributed by atoms with Gasteiger partial charge >= 0.3 is 0 Å². The van der Waals surface area contributed by atoms with Gasteiger partial charge in [-0.05, 0) is 68.8 Å². The van der Waals surface area contributed by atoms with Crippen LogP contribution in [0.5, 0.6) is 0 Å². The lowest BCUT2D eigenvalue weighted by Gasteiger charge is -2.41. The van der Waals surface area contributed by atoms with Crippen molar-refractivity contribution in [1.82, 2.24) is 4.90 Å². The van der Waals surface area contributed by atoms with Crippen LogP contribution in [0.2, 0.25) is 0 Å². The fraction of sp³-hybridized carbons (Fsp3) is 0.571. The van der Waals surface area contributed by atoms with Gasteiger partial charge in [0.05, 0.1) is 6.61 Å². The van der Waals surface area contributed by atoms with Crippen molar-refractivity contribution < 1.29 is 9.53 Å². The van der Waals surface area contributed by atoms with Gasteiger partial charge in [0.15, 0.2) is 0 Å². The second kappa shape index (κ2) is 9.73. The number of benzene rings is 1. The number of rotatable bonds is 9. The molecule has 2 rings (SSSR count). The molecule has 0 aliphatic carbocycles. The summed E-state index contributed by atoms with van der Waals surface area (Å²) in [6.45, 7) is 12.3. The summed E-state index contributed by atoms with van der Waals surface area (Å²) in [7, 11) is 0. The van der Waals surface area contributed by atoms with Crippen LogP contribution in [0.3, 0.4) is 0 Å². The van der Waals surface area contributed by atoms with Gasteiger partial charge in [-0.25, -0.2) is 0 Å². The number of amides is 1. The number of hydrogen-bond acceptors (Lipinski definition) is 3. The Kier molecular flexibility index (Phi) is 7.66. The van der Waals surface area contributed by atoms with Crippen LogP contribution in [0.25, 0.3) is 0 Å². The van der Waals surface area contributed by atoms with E-state index in [-0.39, 0.29) is 5.91 Å². The third-order valence-electron chi connectivity index (χ3n) is 5.09. The van der Waals surface area contributed by atoms with Crippen LogP contribution in [-0.2, 0) is 16.1 Å². The Morgan fingerprint density at radius 2 is 2.00 bits per heavy atom. The molecule has 0 saturated carbocycles. The molecule has 25 heavy (non-hydrogen) atoms. The van der Waals surface area contributed by atoms with Crippen LogP contribution in [0.15, 0.2) is 36.9 Å². The average Bonchev–Trinajstić information content (AvgIpc) is 2.61. The number of likely N-dealkylation sites (tertiary alicyclic amines) is 1. The zero-order valence-corrected chi connectivity index (χ0v) is 15.7. The smallest absolute Gasteiger partial charge is 0.221 e. The third kappa shape index (κ3) is 6.29. The highest BCUT2D eigenvalue weighted by molar-refractivity contribution is 5.88. The Hall–Kier alpha value is -1.65. The Bertz CT molecular complexity index is 546. The van der Waals surface area contributed by atoms with Gasteiger partial charge in [-0.2, -0.15) is 0 Å². The maximum Gasteiger partial charge on any atom is 0.221 e. The molecule has 0 unspecified atom stereocenters. The Morgan fingerprint density at radius 1 is 1.32 bits per heavy atom. The minimum atomic E-state index is -0.0334. The molecule has 4 nitrogen and oxygen atoms in total. The number of anilines is 1.